The highest BCUT2D eigenvalue weighted by Gasteiger charge is 2.27. The number of hydrogen-bond donors (Lipinski definition) is 0. The van der Waals surface area contributed by atoms with Crippen molar-refractivity contribution in [1.29, 1.82) is 0 Å². The van der Waals surface area contributed by atoms with Gasteiger partial charge in [-0.25, -0.2) is 8.42 Å². The van der Waals surface area contributed by atoms with Gasteiger partial charge in [0.2, 0.25) is 15.9 Å². The maximum absolute atomic E-state index is 12.5. The number of rotatable bonds is 4. The van der Waals surface area contributed by atoms with Gasteiger partial charge in [0.1, 0.15) is 6.54 Å². The normalized spacial score (nSPS) is 16.4. The molecule has 1 aliphatic rings. The van der Waals surface area contributed by atoms with E-state index in [1.54, 1.807) is 30.0 Å². The summed E-state index contributed by atoms with van der Waals surface area (Å²) in [7, 11) is -3.56. The summed E-state index contributed by atoms with van der Waals surface area (Å²) in [6.07, 6.45) is 3.04. The van der Waals surface area contributed by atoms with Gasteiger partial charge >= 0.3 is 0 Å². The average Bonchev–Trinajstić information content (AvgIpc) is 2.45. The molecule has 0 bridgehead atoms. The van der Waals surface area contributed by atoms with Crippen LogP contribution >= 0.6 is 11.6 Å². The summed E-state index contributed by atoms with van der Waals surface area (Å²) >= 11 is 5.93. The van der Waals surface area contributed by atoms with Crippen molar-refractivity contribution in [3.05, 3.63) is 28.8 Å². The predicted octanol–water partition coefficient (Wildman–Crippen LogP) is 2.67. The monoisotopic (exact) mass is 358 g/mol. The number of likely N-dealkylation sites (tertiary alicyclic amines) is 1. The van der Waals surface area contributed by atoms with Gasteiger partial charge in [-0.2, -0.15) is 0 Å². The molecule has 23 heavy (non-hydrogen) atoms. The zero-order chi connectivity index (χ0) is 17.2. The first-order valence-corrected chi connectivity index (χ1v) is 9.92. The number of amides is 1. The summed E-state index contributed by atoms with van der Waals surface area (Å²) in [5.74, 6) is 0.459. The molecule has 128 valence electrons. The summed E-state index contributed by atoms with van der Waals surface area (Å²) in [6, 6.07) is 4.97. The first kappa shape index (κ1) is 18.1. The molecule has 1 aromatic carbocycles. The van der Waals surface area contributed by atoms with E-state index in [1.165, 1.54) is 4.31 Å². The Labute approximate surface area is 143 Å². The lowest BCUT2D eigenvalue weighted by molar-refractivity contribution is -0.130. The molecule has 0 saturated carbocycles. The van der Waals surface area contributed by atoms with Gasteiger partial charge in [0.25, 0.3) is 0 Å². The fourth-order valence-corrected chi connectivity index (χ4v) is 3.89. The van der Waals surface area contributed by atoms with Crippen LogP contribution in [0.1, 0.15) is 25.3 Å². The smallest absolute Gasteiger partial charge is 0.243 e. The molecule has 0 atom stereocenters. The van der Waals surface area contributed by atoms with E-state index in [1.807, 2.05) is 0 Å². The topological polar surface area (TPSA) is 57.7 Å². The number of nitrogens with zero attached hydrogens (tertiary/aromatic N) is 2. The third kappa shape index (κ3) is 4.61. The number of sulfonamides is 1. The molecular formula is C16H23ClN2O3S. The number of halogens is 1. The second kappa shape index (κ2) is 7.09. The maximum atomic E-state index is 12.5. The first-order chi connectivity index (χ1) is 10.7. The lowest BCUT2D eigenvalue weighted by Crippen LogP contribution is -2.45. The Morgan fingerprint density at radius 1 is 1.35 bits per heavy atom. The molecule has 1 aliphatic heterocycles. The molecule has 1 heterocycles. The highest BCUT2D eigenvalue weighted by atomic mass is 35.5. The van der Waals surface area contributed by atoms with Gasteiger partial charge in [0.05, 0.1) is 11.9 Å². The van der Waals surface area contributed by atoms with Gasteiger partial charge in [-0.1, -0.05) is 18.5 Å². The maximum Gasteiger partial charge on any atom is 0.243 e. The zero-order valence-corrected chi connectivity index (χ0v) is 15.3. The van der Waals surface area contributed by atoms with E-state index < -0.39 is 10.0 Å². The molecule has 7 heteroatoms. The Balaban J connectivity index is 2.21. The molecule has 0 aromatic heterocycles. The van der Waals surface area contributed by atoms with Crippen molar-refractivity contribution >= 4 is 33.2 Å². The van der Waals surface area contributed by atoms with Crippen LogP contribution in [0.25, 0.3) is 0 Å². The van der Waals surface area contributed by atoms with Crippen LogP contribution in [-0.2, 0) is 14.8 Å². The minimum absolute atomic E-state index is 0.156. The zero-order valence-electron chi connectivity index (χ0n) is 13.8. The molecule has 1 saturated heterocycles. The number of anilines is 1. The first-order valence-electron chi connectivity index (χ1n) is 7.70. The highest BCUT2D eigenvalue weighted by Crippen LogP contribution is 2.26. The Morgan fingerprint density at radius 2 is 1.96 bits per heavy atom. The number of carbonyl (C=O) groups excluding carboxylic acids is 1. The van der Waals surface area contributed by atoms with E-state index in [9.17, 15) is 13.2 Å². The molecule has 0 unspecified atom stereocenters. The second-order valence-corrected chi connectivity index (χ2v) is 8.61. The molecular weight excluding hydrogens is 336 g/mol. The van der Waals surface area contributed by atoms with Crippen LogP contribution in [0.3, 0.4) is 0 Å². The van der Waals surface area contributed by atoms with Crippen molar-refractivity contribution in [1.82, 2.24) is 4.90 Å². The fraction of sp³-hybridized carbons (Fsp3) is 0.562. The molecule has 1 aromatic rings. The van der Waals surface area contributed by atoms with E-state index in [2.05, 4.69) is 6.92 Å². The van der Waals surface area contributed by atoms with Crippen molar-refractivity contribution in [2.75, 3.05) is 30.2 Å². The Morgan fingerprint density at radius 3 is 2.48 bits per heavy atom. The van der Waals surface area contributed by atoms with Crippen LogP contribution in [0.15, 0.2) is 18.2 Å². The predicted molar refractivity (Wildman–Crippen MR) is 93.4 cm³/mol. The SMILES string of the molecule is Cc1cc(Cl)ccc1N(CC(=O)N1CCC(C)CC1)S(C)(=O)=O. The largest absolute Gasteiger partial charge is 0.341 e. The standard InChI is InChI=1S/C16H23ClN2O3S/c1-12-6-8-18(9-7-12)16(20)11-19(23(3,21)22)15-5-4-14(17)10-13(15)2/h4-5,10,12H,6-9,11H2,1-3H3. The van der Waals surface area contributed by atoms with Crippen LogP contribution in [0.4, 0.5) is 5.69 Å². The van der Waals surface area contributed by atoms with Gasteiger partial charge in [0, 0.05) is 18.1 Å². The number of piperidine rings is 1. The highest BCUT2D eigenvalue weighted by molar-refractivity contribution is 7.92. The van der Waals surface area contributed by atoms with E-state index in [4.69, 9.17) is 11.6 Å². The molecule has 2 rings (SSSR count). The quantitative estimate of drug-likeness (QED) is 0.831. The number of aryl methyl sites for hydroxylation is 1. The fourth-order valence-electron chi connectivity index (χ4n) is 2.76. The van der Waals surface area contributed by atoms with Crippen LogP contribution in [0.2, 0.25) is 5.02 Å². The van der Waals surface area contributed by atoms with Crippen LogP contribution < -0.4 is 4.31 Å². The minimum atomic E-state index is -3.56. The van der Waals surface area contributed by atoms with Crippen molar-refractivity contribution in [2.45, 2.75) is 26.7 Å². The molecule has 5 nitrogen and oxygen atoms in total. The molecule has 0 spiro atoms. The number of benzene rings is 1. The van der Waals surface area contributed by atoms with Crippen molar-refractivity contribution < 1.29 is 13.2 Å². The van der Waals surface area contributed by atoms with Crippen molar-refractivity contribution in [3.8, 4) is 0 Å². The number of hydrogen-bond acceptors (Lipinski definition) is 3. The van der Waals surface area contributed by atoms with E-state index in [0.29, 0.717) is 29.7 Å². The summed E-state index contributed by atoms with van der Waals surface area (Å²) < 4.78 is 25.5. The lowest BCUT2D eigenvalue weighted by atomic mass is 9.99. The molecule has 1 fully saturated rings. The summed E-state index contributed by atoms with van der Waals surface area (Å²) in [5.41, 5.74) is 1.22. The minimum Gasteiger partial charge on any atom is -0.341 e. The van der Waals surface area contributed by atoms with E-state index in [0.717, 1.165) is 24.7 Å². The summed E-state index contributed by atoms with van der Waals surface area (Å²) in [5, 5.41) is 0.538. The Hall–Kier alpha value is -1.27. The average molecular weight is 359 g/mol. The van der Waals surface area contributed by atoms with Crippen molar-refractivity contribution in [3.63, 3.8) is 0 Å². The molecule has 0 aliphatic carbocycles. The lowest BCUT2D eigenvalue weighted by Gasteiger charge is -2.32. The van der Waals surface area contributed by atoms with E-state index >= 15 is 0 Å². The molecule has 1 amide bonds. The molecule has 0 N–H and O–H groups in total. The van der Waals surface area contributed by atoms with Gasteiger partial charge in [-0.15, -0.1) is 0 Å². The van der Waals surface area contributed by atoms with Crippen LogP contribution in [-0.4, -0.2) is 45.1 Å². The number of carbonyl (C=O) groups is 1. The van der Waals surface area contributed by atoms with Gasteiger partial charge < -0.3 is 4.90 Å². The summed E-state index contributed by atoms with van der Waals surface area (Å²) in [4.78, 5) is 14.3. The van der Waals surface area contributed by atoms with Gasteiger partial charge in [0.15, 0.2) is 0 Å². The van der Waals surface area contributed by atoms with Gasteiger partial charge in [-0.3, -0.25) is 9.10 Å². The second-order valence-electron chi connectivity index (χ2n) is 6.26. The van der Waals surface area contributed by atoms with Crippen LogP contribution in [0.5, 0.6) is 0 Å². The van der Waals surface area contributed by atoms with Crippen LogP contribution in [0, 0.1) is 12.8 Å². The molecule has 0 radical (unpaired) electrons. The summed E-state index contributed by atoms with van der Waals surface area (Å²) in [6.45, 7) is 5.16. The van der Waals surface area contributed by atoms with Gasteiger partial charge in [-0.05, 0) is 49.4 Å². The Bertz CT molecular complexity index is 683. The van der Waals surface area contributed by atoms with E-state index in [-0.39, 0.29) is 12.5 Å². The third-order valence-electron chi connectivity index (χ3n) is 4.24. The third-order valence-corrected chi connectivity index (χ3v) is 5.60. The Kier molecular flexibility index (Phi) is 5.57. The van der Waals surface area contributed by atoms with Crippen molar-refractivity contribution in [2.24, 2.45) is 5.92 Å².